The van der Waals surface area contributed by atoms with Gasteiger partial charge in [-0.3, -0.25) is 4.98 Å². The molecule has 0 saturated heterocycles. The molecule has 18 heavy (non-hydrogen) atoms. The summed E-state index contributed by atoms with van der Waals surface area (Å²) in [7, 11) is -1.49. The van der Waals surface area contributed by atoms with Crippen LogP contribution < -0.4 is 10.2 Å². The molecular weight excluding hydrogens is 229 g/mol. The first-order valence-electron chi connectivity index (χ1n) is 6.54. The topological polar surface area (TPSA) is 62.6 Å². The Morgan fingerprint density at radius 2 is 2.00 bits per heavy atom. The van der Waals surface area contributed by atoms with Crippen LogP contribution in [0.4, 0.5) is 0 Å². The predicted molar refractivity (Wildman–Crippen MR) is 70.7 cm³/mol. The summed E-state index contributed by atoms with van der Waals surface area (Å²) < 4.78 is 5.88. The molecule has 1 aliphatic rings. The molecule has 1 saturated carbocycles. The van der Waals surface area contributed by atoms with Crippen molar-refractivity contribution >= 4 is 12.6 Å². The summed E-state index contributed by atoms with van der Waals surface area (Å²) in [6.07, 6.45) is 6.55. The summed E-state index contributed by atoms with van der Waals surface area (Å²) in [5.41, 5.74) is 0.365. The van der Waals surface area contributed by atoms with E-state index in [2.05, 4.69) is 18.8 Å². The molecule has 0 bridgehead atoms. The van der Waals surface area contributed by atoms with Crippen LogP contribution >= 0.6 is 0 Å². The van der Waals surface area contributed by atoms with E-state index in [9.17, 15) is 0 Å². The van der Waals surface area contributed by atoms with Gasteiger partial charge < -0.3 is 14.8 Å². The number of pyridine rings is 1. The van der Waals surface area contributed by atoms with Gasteiger partial charge in [-0.15, -0.1) is 0 Å². The molecule has 2 N–H and O–H groups in total. The van der Waals surface area contributed by atoms with Crippen molar-refractivity contribution in [3.63, 3.8) is 0 Å². The van der Waals surface area contributed by atoms with Crippen molar-refractivity contribution in [1.29, 1.82) is 0 Å². The van der Waals surface area contributed by atoms with Crippen LogP contribution in [0.2, 0.25) is 0 Å². The van der Waals surface area contributed by atoms with Crippen molar-refractivity contribution < 1.29 is 14.8 Å². The SMILES string of the molecule is CC1CCC(Oc2cncc(B(O)O)c2)CC1C. The number of ether oxygens (including phenoxy) is 1. The van der Waals surface area contributed by atoms with Crippen molar-refractivity contribution in [2.24, 2.45) is 11.8 Å². The first kappa shape index (κ1) is 13.4. The van der Waals surface area contributed by atoms with E-state index in [1.165, 1.54) is 12.6 Å². The van der Waals surface area contributed by atoms with Gasteiger partial charge >= 0.3 is 7.12 Å². The number of hydrogen-bond acceptors (Lipinski definition) is 4. The third kappa shape index (κ3) is 3.24. The Morgan fingerprint density at radius 3 is 2.67 bits per heavy atom. The van der Waals surface area contributed by atoms with Crippen molar-refractivity contribution in [3.8, 4) is 5.75 Å². The minimum absolute atomic E-state index is 0.212. The van der Waals surface area contributed by atoms with Crippen LogP contribution in [0, 0.1) is 11.8 Å². The molecule has 3 atom stereocenters. The predicted octanol–water partition coefficient (Wildman–Crippen LogP) is 0.965. The average Bonchev–Trinajstić information content (AvgIpc) is 2.34. The van der Waals surface area contributed by atoms with Crippen LogP contribution in [-0.2, 0) is 0 Å². The maximum absolute atomic E-state index is 9.09. The lowest BCUT2D eigenvalue weighted by molar-refractivity contribution is 0.100. The van der Waals surface area contributed by atoms with Crippen molar-refractivity contribution in [3.05, 3.63) is 18.5 Å². The molecule has 98 valence electrons. The number of hydrogen-bond donors (Lipinski definition) is 2. The first-order chi connectivity index (χ1) is 8.56. The van der Waals surface area contributed by atoms with E-state index in [-0.39, 0.29) is 6.10 Å². The van der Waals surface area contributed by atoms with Gasteiger partial charge in [-0.2, -0.15) is 0 Å². The Morgan fingerprint density at radius 1 is 1.22 bits per heavy atom. The highest BCUT2D eigenvalue weighted by molar-refractivity contribution is 6.58. The van der Waals surface area contributed by atoms with Gasteiger partial charge in [-0.1, -0.05) is 13.8 Å². The molecular formula is C13H20BNO3. The molecule has 0 radical (unpaired) electrons. The average molecular weight is 249 g/mol. The maximum Gasteiger partial charge on any atom is 0.490 e. The Hall–Kier alpha value is -1.07. The smallest absolute Gasteiger partial charge is 0.489 e. The van der Waals surface area contributed by atoms with Gasteiger partial charge in [0.15, 0.2) is 0 Å². The molecule has 1 heterocycles. The van der Waals surface area contributed by atoms with Gasteiger partial charge in [-0.05, 0) is 37.2 Å². The number of aromatic nitrogens is 1. The third-order valence-electron chi connectivity index (χ3n) is 3.89. The Labute approximate surface area is 108 Å². The summed E-state index contributed by atoms with van der Waals surface area (Å²) in [4.78, 5) is 3.96. The summed E-state index contributed by atoms with van der Waals surface area (Å²) in [5, 5.41) is 18.2. The molecule has 1 fully saturated rings. The molecule has 1 aromatic rings. The lowest BCUT2D eigenvalue weighted by atomic mass is 9.80. The molecule has 2 rings (SSSR count). The zero-order valence-electron chi connectivity index (χ0n) is 10.9. The van der Waals surface area contributed by atoms with E-state index in [0.29, 0.717) is 17.1 Å². The summed E-state index contributed by atoms with van der Waals surface area (Å²) in [6, 6.07) is 1.64. The van der Waals surface area contributed by atoms with E-state index >= 15 is 0 Å². The van der Waals surface area contributed by atoms with Gasteiger partial charge in [-0.25, -0.2) is 0 Å². The van der Waals surface area contributed by atoms with E-state index < -0.39 is 7.12 Å². The molecule has 1 aliphatic carbocycles. The van der Waals surface area contributed by atoms with E-state index in [1.54, 1.807) is 12.3 Å². The molecule has 5 heteroatoms. The van der Waals surface area contributed by atoms with Crippen LogP contribution in [0.1, 0.15) is 33.1 Å². The van der Waals surface area contributed by atoms with E-state index in [0.717, 1.165) is 18.8 Å². The van der Waals surface area contributed by atoms with Crippen LogP contribution in [0.25, 0.3) is 0 Å². The highest BCUT2D eigenvalue weighted by Gasteiger charge is 2.26. The van der Waals surface area contributed by atoms with Crippen LogP contribution in [0.3, 0.4) is 0 Å². The van der Waals surface area contributed by atoms with Crippen LogP contribution in [0.15, 0.2) is 18.5 Å². The second-order valence-corrected chi connectivity index (χ2v) is 5.34. The fraction of sp³-hybridized carbons (Fsp3) is 0.615. The summed E-state index contributed by atoms with van der Waals surface area (Å²) in [5.74, 6) is 2.05. The molecule has 0 aliphatic heterocycles. The van der Waals surface area contributed by atoms with Crippen LogP contribution in [0.5, 0.6) is 5.75 Å². The number of rotatable bonds is 3. The zero-order chi connectivity index (χ0) is 13.1. The summed E-state index contributed by atoms with van der Waals surface area (Å²) in [6.45, 7) is 4.54. The largest absolute Gasteiger partial charge is 0.490 e. The monoisotopic (exact) mass is 249 g/mol. The molecule has 4 nitrogen and oxygen atoms in total. The van der Waals surface area contributed by atoms with Crippen molar-refractivity contribution in [2.45, 2.75) is 39.2 Å². The van der Waals surface area contributed by atoms with Gasteiger partial charge in [0, 0.05) is 11.7 Å². The summed E-state index contributed by atoms with van der Waals surface area (Å²) >= 11 is 0. The highest BCUT2D eigenvalue weighted by atomic mass is 16.5. The fourth-order valence-electron chi connectivity index (χ4n) is 2.44. The maximum atomic E-state index is 9.09. The van der Waals surface area contributed by atoms with Crippen molar-refractivity contribution in [1.82, 2.24) is 4.98 Å². The quantitative estimate of drug-likeness (QED) is 0.783. The lowest BCUT2D eigenvalue weighted by Gasteiger charge is -2.32. The molecule has 3 unspecified atom stereocenters. The highest BCUT2D eigenvalue weighted by Crippen LogP contribution is 2.31. The molecule has 0 amide bonds. The standard InChI is InChI=1S/C13H20BNO3/c1-9-3-4-12(5-10(9)2)18-13-6-11(14(16)17)7-15-8-13/h6-10,12,16-17H,3-5H2,1-2H3. The normalized spacial score (nSPS) is 27.9. The molecule has 0 spiro atoms. The van der Waals surface area contributed by atoms with E-state index in [4.69, 9.17) is 14.8 Å². The third-order valence-corrected chi connectivity index (χ3v) is 3.89. The first-order valence-corrected chi connectivity index (χ1v) is 6.54. The Kier molecular flexibility index (Phi) is 4.25. The zero-order valence-corrected chi connectivity index (χ0v) is 10.9. The van der Waals surface area contributed by atoms with Gasteiger partial charge in [0.25, 0.3) is 0 Å². The molecule has 1 aromatic heterocycles. The van der Waals surface area contributed by atoms with Crippen molar-refractivity contribution in [2.75, 3.05) is 0 Å². The van der Waals surface area contributed by atoms with E-state index in [1.807, 2.05) is 0 Å². The van der Waals surface area contributed by atoms with Gasteiger partial charge in [0.2, 0.25) is 0 Å². The van der Waals surface area contributed by atoms with Crippen LogP contribution in [-0.4, -0.2) is 28.3 Å². The minimum atomic E-state index is -1.49. The second-order valence-electron chi connectivity index (χ2n) is 5.34. The number of nitrogens with zero attached hydrogens (tertiary/aromatic N) is 1. The Bertz CT molecular complexity index is 400. The molecule has 0 aromatic carbocycles. The lowest BCUT2D eigenvalue weighted by Crippen LogP contribution is -2.32. The fourth-order valence-corrected chi connectivity index (χ4v) is 2.44. The Balaban J connectivity index is 1.99. The van der Waals surface area contributed by atoms with Gasteiger partial charge in [0.1, 0.15) is 5.75 Å². The minimum Gasteiger partial charge on any atom is -0.489 e. The van der Waals surface area contributed by atoms with Gasteiger partial charge in [0.05, 0.1) is 12.3 Å². The second kappa shape index (κ2) is 5.72.